The number of hydrogen-bond donors (Lipinski definition) is 1. The molecule has 0 aliphatic carbocycles. The largest absolute Gasteiger partial charge is 0.505 e. The van der Waals surface area contributed by atoms with E-state index in [0.29, 0.717) is 45.0 Å². The first kappa shape index (κ1) is 29.7. The summed E-state index contributed by atoms with van der Waals surface area (Å²) in [6, 6.07) is 26.2. The third kappa shape index (κ3) is 5.31. The quantitative estimate of drug-likeness (QED) is 0.0570. The lowest BCUT2D eigenvalue weighted by molar-refractivity contribution is -0.132. The number of Topliss-reactive ketones (excluding diaryl/α,β-unsaturated/α-hetero) is 1. The van der Waals surface area contributed by atoms with Crippen molar-refractivity contribution in [2.75, 3.05) is 11.5 Å². The van der Waals surface area contributed by atoms with Crippen LogP contribution in [-0.4, -0.2) is 43.0 Å². The molecule has 0 spiro atoms. The third-order valence-electron chi connectivity index (χ3n) is 7.87. The average Bonchev–Trinajstić information content (AvgIpc) is 3.76. The fraction of sp³-hybridized carbons (Fsp3) is 0.171. The zero-order valence-electron chi connectivity index (χ0n) is 25.1. The molecular weight excluding hydrogens is 619 g/mol. The van der Waals surface area contributed by atoms with Gasteiger partial charge in [-0.15, -0.1) is 10.2 Å². The predicted octanol–water partition coefficient (Wildman–Crippen LogP) is 7.35. The highest BCUT2D eigenvalue weighted by Gasteiger charge is 2.49. The Kier molecular flexibility index (Phi) is 8.02. The van der Waals surface area contributed by atoms with Crippen LogP contribution in [0.15, 0.2) is 101 Å². The molecule has 0 saturated carbocycles. The Balaban J connectivity index is 1.28. The zero-order chi connectivity index (χ0) is 31.8. The van der Waals surface area contributed by atoms with Crippen LogP contribution >= 0.6 is 23.1 Å². The number of aliphatic hydroxyl groups excluding tert-OH is 1. The number of aliphatic hydroxyl groups is 1. The van der Waals surface area contributed by atoms with Gasteiger partial charge in [-0.25, -0.2) is 4.98 Å². The molecule has 0 bridgehead atoms. The van der Waals surface area contributed by atoms with Crippen LogP contribution in [0.2, 0.25) is 0 Å². The van der Waals surface area contributed by atoms with Gasteiger partial charge in [-0.3, -0.25) is 18.9 Å². The van der Waals surface area contributed by atoms with Crippen molar-refractivity contribution in [2.24, 2.45) is 0 Å². The molecular formula is C35H29N5O4S2. The van der Waals surface area contributed by atoms with Gasteiger partial charge in [-0.2, -0.15) is 0 Å². The molecule has 1 N–H and O–H groups in total. The van der Waals surface area contributed by atoms with Gasteiger partial charge in [0, 0.05) is 11.9 Å². The van der Waals surface area contributed by atoms with Crippen LogP contribution in [0.4, 0.5) is 5.13 Å². The number of imidazole rings is 1. The molecule has 1 fully saturated rings. The summed E-state index contributed by atoms with van der Waals surface area (Å²) in [4.78, 5) is 33.5. The second kappa shape index (κ2) is 12.4. The van der Waals surface area contributed by atoms with E-state index in [9.17, 15) is 14.7 Å². The first-order chi connectivity index (χ1) is 22.4. The number of carbonyl (C=O) groups is 2. The third-order valence-corrected chi connectivity index (χ3v) is 9.98. The van der Waals surface area contributed by atoms with Gasteiger partial charge in [-0.05, 0) is 59.5 Å². The molecule has 1 atom stereocenters. The molecule has 6 aromatic rings. The van der Waals surface area contributed by atoms with E-state index < -0.39 is 17.7 Å². The summed E-state index contributed by atoms with van der Waals surface area (Å²) in [5.41, 5.74) is 3.23. The molecule has 1 amide bonds. The van der Waals surface area contributed by atoms with Crippen molar-refractivity contribution < 1.29 is 19.4 Å². The number of ether oxygens (including phenoxy) is 1. The number of anilines is 1. The molecule has 9 nitrogen and oxygen atoms in total. The van der Waals surface area contributed by atoms with E-state index in [0.717, 1.165) is 17.4 Å². The first-order valence-electron chi connectivity index (χ1n) is 14.9. The minimum absolute atomic E-state index is 0.0406. The molecule has 0 radical (unpaired) electrons. The molecule has 7 rings (SSSR count). The van der Waals surface area contributed by atoms with Crippen LogP contribution in [0.3, 0.4) is 0 Å². The zero-order valence-corrected chi connectivity index (χ0v) is 26.7. The summed E-state index contributed by atoms with van der Waals surface area (Å²) in [5.74, 6) is -0.567. The summed E-state index contributed by atoms with van der Waals surface area (Å²) in [6.07, 6.45) is 2.62. The number of carbonyl (C=O) groups excluding carboxylic acids is 2. The summed E-state index contributed by atoms with van der Waals surface area (Å²) in [7, 11) is 0. The van der Waals surface area contributed by atoms with Gasteiger partial charge in [0.15, 0.2) is 10.1 Å². The highest BCUT2D eigenvalue weighted by Crippen LogP contribution is 2.44. The minimum atomic E-state index is -0.947. The molecule has 3 aromatic carbocycles. The topological polar surface area (TPSA) is 110 Å². The van der Waals surface area contributed by atoms with Crippen LogP contribution in [0.25, 0.3) is 22.2 Å². The average molecular weight is 648 g/mol. The Labute approximate surface area is 273 Å². The molecule has 1 unspecified atom stereocenters. The molecule has 230 valence electrons. The monoisotopic (exact) mass is 647 g/mol. The number of pyridine rings is 1. The van der Waals surface area contributed by atoms with E-state index in [2.05, 4.69) is 39.4 Å². The Morgan fingerprint density at radius 1 is 0.978 bits per heavy atom. The Morgan fingerprint density at radius 3 is 2.59 bits per heavy atom. The van der Waals surface area contributed by atoms with Gasteiger partial charge in [0.25, 0.3) is 5.78 Å². The fourth-order valence-corrected chi connectivity index (χ4v) is 7.63. The Hall–Kier alpha value is -5.00. The number of fused-ring (bicyclic) bond motifs is 2. The highest BCUT2D eigenvalue weighted by atomic mass is 32.2. The number of nitrogens with zero attached hydrogens (tertiary/aromatic N) is 5. The number of benzene rings is 3. The molecule has 1 aliphatic heterocycles. The van der Waals surface area contributed by atoms with Crippen molar-refractivity contribution in [3.8, 4) is 5.75 Å². The van der Waals surface area contributed by atoms with Gasteiger partial charge < -0.3 is 9.84 Å². The lowest BCUT2D eigenvalue weighted by Crippen LogP contribution is -2.29. The van der Waals surface area contributed by atoms with Crippen molar-refractivity contribution in [3.63, 3.8) is 0 Å². The number of aromatic nitrogens is 4. The van der Waals surface area contributed by atoms with Crippen molar-refractivity contribution >= 4 is 62.1 Å². The van der Waals surface area contributed by atoms with E-state index in [1.807, 2.05) is 43.3 Å². The minimum Gasteiger partial charge on any atom is -0.505 e. The van der Waals surface area contributed by atoms with Gasteiger partial charge in [0.1, 0.15) is 17.1 Å². The normalized spacial score (nSPS) is 16.1. The van der Waals surface area contributed by atoms with E-state index in [4.69, 9.17) is 4.74 Å². The number of thioether (sulfide) groups is 1. The van der Waals surface area contributed by atoms with E-state index in [1.165, 1.54) is 33.4 Å². The maximum absolute atomic E-state index is 13.8. The van der Waals surface area contributed by atoms with E-state index >= 15 is 0 Å². The van der Waals surface area contributed by atoms with Crippen molar-refractivity contribution in [1.29, 1.82) is 0 Å². The standard InChI is InChI=1S/C35H29N5O4S2/c1-3-19-44-25-16-14-23(15-17-25)30-28(31(41)29-21(2)36-27-13-6-7-18-39(27)29)32(42)33(43)40(30)34-37-38-35(46-34)45-20-24-11-8-10-22-9-4-5-12-26(22)24/h4-18,30,41H,3,19-20H2,1-2H3. The second-order valence-corrected chi connectivity index (χ2v) is 13.0. The number of amides is 1. The lowest BCUT2D eigenvalue weighted by Gasteiger charge is -2.22. The second-order valence-electron chi connectivity index (χ2n) is 10.8. The molecule has 1 saturated heterocycles. The summed E-state index contributed by atoms with van der Waals surface area (Å²) in [5, 5.41) is 23.2. The number of hydrogen-bond acceptors (Lipinski definition) is 9. The van der Waals surface area contributed by atoms with Crippen LogP contribution in [0.1, 0.15) is 41.9 Å². The summed E-state index contributed by atoms with van der Waals surface area (Å²) < 4.78 is 8.14. The van der Waals surface area contributed by atoms with Gasteiger partial charge in [0.05, 0.1) is 23.9 Å². The molecule has 46 heavy (non-hydrogen) atoms. The van der Waals surface area contributed by atoms with Crippen molar-refractivity contribution in [1.82, 2.24) is 19.6 Å². The molecule has 11 heteroatoms. The van der Waals surface area contributed by atoms with Gasteiger partial charge >= 0.3 is 5.91 Å². The number of aryl methyl sites for hydroxylation is 1. The predicted molar refractivity (Wildman–Crippen MR) is 180 cm³/mol. The molecule has 1 aliphatic rings. The van der Waals surface area contributed by atoms with Crippen LogP contribution in [-0.2, 0) is 15.3 Å². The maximum atomic E-state index is 13.8. The van der Waals surface area contributed by atoms with Crippen LogP contribution < -0.4 is 9.64 Å². The fourth-order valence-electron chi connectivity index (χ4n) is 5.75. The maximum Gasteiger partial charge on any atom is 0.301 e. The van der Waals surface area contributed by atoms with Crippen molar-refractivity contribution in [2.45, 2.75) is 36.4 Å². The summed E-state index contributed by atoms with van der Waals surface area (Å²) >= 11 is 2.75. The Morgan fingerprint density at radius 2 is 1.76 bits per heavy atom. The van der Waals surface area contributed by atoms with Gasteiger partial charge in [-0.1, -0.05) is 90.7 Å². The van der Waals surface area contributed by atoms with Crippen molar-refractivity contribution in [3.05, 3.63) is 119 Å². The summed E-state index contributed by atoms with van der Waals surface area (Å²) in [6.45, 7) is 4.35. The highest BCUT2D eigenvalue weighted by molar-refractivity contribution is 8.00. The smallest absolute Gasteiger partial charge is 0.301 e. The van der Waals surface area contributed by atoms with E-state index in [-0.39, 0.29) is 16.5 Å². The van der Waals surface area contributed by atoms with Crippen LogP contribution in [0, 0.1) is 6.92 Å². The number of rotatable bonds is 9. The Bertz CT molecular complexity index is 2130. The number of ketones is 1. The van der Waals surface area contributed by atoms with E-state index in [1.54, 1.807) is 41.8 Å². The van der Waals surface area contributed by atoms with Gasteiger partial charge in [0.2, 0.25) is 5.13 Å². The molecule has 3 aromatic heterocycles. The first-order valence-corrected chi connectivity index (χ1v) is 16.7. The van der Waals surface area contributed by atoms with Crippen LogP contribution in [0.5, 0.6) is 5.75 Å². The molecule has 4 heterocycles. The lowest BCUT2D eigenvalue weighted by atomic mass is 9.96. The SMILES string of the molecule is CCCOc1ccc(C2C(=C(O)c3c(C)nc4ccccn34)C(=O)C(=O)N2c2nnc(SCc3cccc4ccccc34)s2)cc1.